The molecule has 0 spiro atoms. The Kier molecular flexibility index (Phi) is 7.36. The molecule has 0 radical (unpaired) electrons. The maximum atomic E-state index is 6.12. The summed E-state index contributed by atoms with van der Waals surface area (Å²) in [4.78, 5) is 0. The average Bonchev–Trinajstić information content (AvgIpc) is 2.27. The normalized spacial score (nSPS) is 11.4. The first kappa shape index (κ1) is 17.3. The Morgan fingerprint density at radius 2 is 1.83 bits per heavy atom. The van der Waals surface area contributed by atoms with E-state index in [1.54, 1.807) is 14.2 Å². The molecule has 3 nitrogen and oxygen atoms in total. The molecule has 0 aliphatic rings. The number of hydrogen-bond acceptors (Lipinski definition) is 3. The molecule has 0 bridgehead atoms. The highest BCUT2D eigenvalue weighted by molar-refractivity contribution is 9.10. The van der Waals surface area contributed by atoms with Crippen molar-refractivity contribution in [3.8, 4) is 11.5 Å². The van der Waals surface area contributed by atoms with Gasteiger partial charge in [-0.3, -0.25) is 0 Å². The number of rotatable bonds is 5. The molecule has 102 valence electrons. The average molecular weight is 337 g/mol. The third-order valence-electron chi connectivity index (χ3n) is 2.47. The van der Waals surface area contributed by atoms with Gasteiger partial charge in [0.05, 0.1) is 14.2 Å². The van der Waals surface area contributed by atoms with Gasteiger partial charge in [0.25, 0.3) is 0 Å². The first-order valence-corrected chi connectivity index (χ1v) is 6.10. The Hall–Kier alpha value is -0.710. The fourth-order valence-corrected chi connectivity index (χ4v) is 2.26. The molecule has 0 saturated carbocycles. The van der Waals surface area contributed by atoms with Crippen LogP contribution in [0.25, 0.3) is 0 Å². The van der Waals surface area contributed by atoms with Crippen molar-refractivity contribution < 1.29 is 9.47 Å². The van der Waals surface area contributed by atoms with Gasteiger partial charge in [-0.05, 0) is 31.0 Å². The number of ether oxygens (including phenoxy) is 2. The van der Waals surface area contributed by atoms with E-state index in [1.165, 1.54) is 0 Å². The molecule has 0 unspecified atom stereocenters. The molecule has 0 saturated heterocycles. The standard InChI is InChI=1S/C13H18BrNO2.ClH/c1-8(2)5-11(15)9-6-12(16-3)13(17-4)7-10(9)14;/h6-7,11H,1,5,15H2,2-4H3;1H/t11-;/m0./s1. The topological polar surface area (TPSA) is 44.5 Å². The summed E-state index contributed by atoms with van der Waals surface area (Å²) in [6.07, 6.45) is 0.744. The van der Waals surface area contributed by atoms with Crippen LogP contribution in [0.1, 0.15) is 24.9 Å². The van der Waals surface area contributed by atoms with Gasteiger partial charge >= 0.3 is 0 Å². The molecule has 1 rings (SSSR count). The van der Waals surface area contributed by atoms with Gasteiger partial charge in [0.2, 0.25) is 0 Å². The maximum Gasteiger partial charge on any atom is 0.161 e. The van der Waals surface area contributed by atoms with Crippen molar-refractivity contribution in [2.75, 3.05) is 14.2 Å². The third-order valence-corrected chi connectivity index (χ3v) is 3.16. The molecule has 0 aromatic heterocycles. The lowest BCUT2D eigenvalue weighted by Crippen LogP contribution is -2.11. The summed E-state index contributed by atoms with van der Waals surface area (Å²) in [5.41, 5.74) is 8.17. The first-order chi connectivity index (χ1) is 7.99. The van der Waals surface area contributed by atoms with E-state index < -0.39 is 0 Å². The van der Waals surface area contributed by atoms with Gasteiger partial charge in [-0.15, -0.1) is 19.0 Å². The number of methoxy groups -OCH3 is 2. The fourth-order valence-electron chi connectivity index (χ4n) is 1.64. The predicted octanol–water partition coefficient (Wildman–Crippen LogP) is 3.85. The Balaban J connectivity index is 0.00000289. The Bertz CT molecular complexity index is 424. The van der Waals surface area contributed by atoms with Crippen molar-refractivity contribution in [2.24, 2.45) is 5.73 Å². The number of halogens is 2. The van der Waals surface area contributed by atoms with Gasteiger partial charge in [-0.25, -0.2) is 0 Å². The van der Waals surface area contributed by atoms with E-state index in [-0.39, 0.29) is 18.4 Å². The summed E-state index contributed by atoms with van der Waals surface area (Å²) < 4.78 is 11.4. The van der Waals surface area contributed by atoms with Crippen molar-refractivity contribution in [2.45, 2.75) is 19.4 Å². The quantitative estimate of drug-likeness (QED) is 0.831. The smallest absolute Gasteiger partial charge is 0.161 e. The monoisotopic (exact) mass is 335 g/mol. The van der Waals surface area contributed by atoms with E-state index >= 15 is 0 Å². The van der Waals surface area contributed by atoms with Crippen LogP contribution in [0.5, 0.6) is 11.5 Å². The van der Waals surface area contributed by atoms with Crippen molar-refractivity contribution in [1.29, 1.82) is 0 Å². The van der Waals surface area contributed by atoms with Gasteiger partial charge in [0.15, 0.2) is 11.5 Å². The largest absolute Gasteiger partial charge is 0.493 e. The van der Waals surface area contributed by atoms with Gasteiger partial charge in [0.1, 0.15) is 0 Å². The molecular weight excluding hydrogens is 318 g/mol. The molecule has 0 amide bonds. The van der Waals surface area contributed by atoms with Crippen LogP contribution in [0.3, 0.4) is 0 Å². The minimum atomic E-state index is -0.0957. The summed E-state index contributed by atoms with van der Waals surface area (Å²) in [6, 6.07) is 3.67. The summed E-state index contributed by atoms with van der Waals surface area (Å²) in [5, 5.41) is 0. The molecule has 1 aromatic carbocycles. The highest BCUT2D eigenvalue weighted by Gasteiger charge is 2.15. The Labute approximate surface area is 123 Å². The van der Waals surface area contributed by atoms with E-state index in [1.807, 2.05) is 19.1 Å². The van der Waals surface area contributed by atoms with E-state index in [0.717, 1.165) is 22.0 Å². The van der Waals surface area contributed by atoms with Crippen LogP contribution in [0.2, 0.25) is 0 Å². The lowest BCUT2D eigenvalue weighted by atomic mass is 10.0. The van der Waals surface area contributed by atoms with Crippen molar-refractivity contribution >= 4 is 28.3 Å². The highest BCUT2D eigenvalue weighted by atomic mass is 79.9. The maximum absolute atomic E-state index is 6.12. The van der Waals surface area contributed by atoms with Crippen molar-refractivity contribution in [3.63, 3.8) is 0 Å². The van der Waals surface area contributed by atoms with Crippen LogP contribution in [0.4, 0.5) is 0 Å². The van der Waals surface area contributed by atoms with Crippen LogP contribution < -0.4 is 15.2 Å². The molecule has 18 heavy (non-hydrogen) atoms. The van der Waals surface area contributed by atoms with E-state index in [2.05, 4.69) is 22.5 Å². The van der Waals surface area contributed by atoms with Crippen LogP contribution in [0, 0.1) is 0 Å². The van der Waals surface area contributed by atoms with E-state index in [4.69, 9.17) is 15.2 Å². The van der Waals surface area contributed by atoms with Gasteiger partial charge in [0, 0.05) is 10.5 Å². The molecule has 5 heteroatoms. The highest BCUT2D eigenvalue weighted by Crippen LogP contribution is 2.36. The number of hydrogen-bond donors (Lipinski definition) is 1. The summed E-state index contributed by atoms with van der Waals surface area (Å²) in [7, 11) is 3.22. The second-order valence-electron chi connectivity index (χ2n) is 4.00. The molecule has 0 aliphatic heterocycles. The van der Waals surface area contributed by atoms with Crippen molar-refractivity contribution in [1.82, 2.24) is 0 Å². The Morgan fingerprint density at radius 1 is 1.33 bits per heavy atom. The molecular formula is C13H19BrClNO2. The van der Waals surface area contributed by atoms with Gasteiger partial charge in [-0.2, -0.15) is 0 Å². The molecule has 0 heterocycles. The third kappa shape index (κ3) is 4.19. The zero-order valence-electron chi connectivity index (χ0n) is 10.8. The molecule has 0 fully saturated rings. The van der Waals surface area contributed by atoms with Crippen LogP contribution >= 0.6 is 28.3 Å². The lowest BCUT2D eigenvalue weighted by Gasteiger charge is -2.17. The van der Waals surface area contributed by atoms with Crippen LogP contribution in [-0.4, -0.2) is 14.2 Å². The predicted molar refractivity (Wildman–Crippen MR) is 80.9 cm³/mol. The second kappa shape index (κ2) is 7.67. The zero-order chi connectivity index (χ0) is 13.0. The summed E-state index contributed by atoms with van der Waals surface area (Å²) >= 11 is 3.50. The number of benzene rings is 1. The molecule has 1 atom stereocenters. The van der Waals surface area contributed by atoms with Crippen molar-refractivity contribution in [3.05, 3.63) is 34.3 Å². The molecule has 1 aromatic rings. The van der Waals surface area contributed by atoms with Crippen LogP contribution in [-0.2, 0) is 0 Å². The zero-order valence-corrected chi connectivity index (χ0v) is 13.2. The summed E-state index contributed by atoms with van der Waals surface area (Å²) in [5.74, 6) is 1.37. The van der Waals surface area contributed by atoms with Gasteiger partial charge in [-0.1, -0.05) is 21.5 Å². The molecule has 2 N–H and O–H groups in total. The lowest BCUT2D eigenvalue weighted by molar-refractivity contribution is 0.354. The molecule has 0 aliphatic carbocycles. The number of nitrogens with two attached hydrogens (primary N) is 1. The van der Waals surface area contributed by atoms with Crippen LogP contribution in [0.15, 0.2) is 28.8 Å². The minimum Gasteiger partial charge on any atom is -0.493 e. The first-order valence-electron chi connectivity index (χ1n) is 5.31. The van der Waals surface area contributed by atoms with E-state index in [0.29, 0.717) is 11.5 Å². The Morgan fingerprint density at radius 3 is 2.28 bits per heavy atom. The minimum absolute atomic E-state index is 0. The SMILES string of the molecule is C=C(C)C[C@H](N)c1cc(OC)c(OC)cc1Br.Cl. The van der Waals surface area contributed by atoms with Gasteiger partial charge < -0.3 is 15.2 Å². The second-order valence-corrected chi connectivity index (χ2v) is 4.85. The summed E-state index contributed by atoms with van der Waals surface area (Å²) in [6.45, 7) is 5.84. The van der Waals surface area contributed by atoms with E-state index in [9.17, 15) is 0 Å². The fraction of sp³-hybridized carbons (Fsp3) is 0.385.